The number of ether oxygens (including phenoxy) is 2. The lowest BCUT2D eigenvalue weighted by atomic mass is 10.1. The number of benzene rings is 4. The lowest BCUT2D eigenvalue weighted by Crippen LogP contribution is -2.30. The van der Waals surface area contributed by atoms with Crippen LogP contribution in [0.3, 0.4) is 0 Å². The van der Waals surface area contributed by atoms with E-state index in [0.717, 1.165) is 9.80 Å². The highest BCUT2D eigenvalue weighted by Crippen LogP contribution is 2.33. The Balaban J connectivity index is 1.10. The van der Waals surface area contributed by atoms with Crippen molar-refractivity contribution in [2.24, 2.45) is 0 Å². The Morgan fingerprint density at radius 1 is 0.523 bits per heavy atom. The molecule has 0 atom stereocenters. The van der Waals surface area contributed by atoms with E-state index < -0.39 is 35.6 Å². The van der Waals surface area contributed by atoms with Gasteiger partial charge in [0.05, 0.1) is 45.6 Å². The third kappa shape index (κ3) is 4.79. The molecular weight excluding hydrogens is 572 g/mol. The molecule has 0 saturated carbocycles. The Hall–Kier alpha value is -6.30. The van der Waals surface area contributed by atoms with Crippen molar-refractivity contribution in [3.8, 4) is 11.5 Å². The first-order valence-electron chi connectivity index (χ1n) is 13.1. The molecule has 4 amide bonds. The number of hydrogen-bond acceptors (Lipinski definition) is 10. The normalized spacial score (nSPS) is 13.6. The van der Waals surface area contributed by atoms with Crippen LogP contribution in [-0.4, -0.2) is 48.8 Å². The zero-order valence-electron chi connectivity index (χ0n) is 22.5. The first-order valence-corrected chi connectivity index (χ1v) is 13.1. The number of carbonyl (C=O) groups is 6. The maximum Gasteiger partial charge on any atom is 0.266 e. The van der Waals surface area contributed by atoms with Gasteiger partial charge in [-0.2, -0.15) is 0 Å². The molecule has 0 aromatic heterocycles. The number of hydrogen-bond donors (Lipinski definition) is 0. The van der Waals surface area contributed by atoms with Gasteiger partial charge in [-0.05, 0) is 71.8 Å². The minimum absolute atomic E-state index is 0.0183. The van der Waals surface area contributed by atoms with Crippen molar-refractivity contribution in [1.29, 1.82) is 0 Å². The monoisotopic (exact) mass is 590 g/mol. The van der Waals surface area contributed by atoms with Gasteiger partial charge < -0.3 is 29.3 Å². The Kier molecular flexibility index (Phi) is 6.86. The van der Waals surface area contributed by atoms with Gasteiger partial charge in [-0.3, -0.25) is 19.2 Å². The van der Waals surface area contributed by atoms with Crippen LogP contribution >= 0.6 is 0 Å². The SMILES string of the molecule is O=C([O-])c1cccc(N2C(=O)c3ccc(OCCOc4ccc5c(c4)C(=O)N(c4cccc(C(=O)[O-])c4)C5=O)cc3C2=O)c1. The Labute approximate surface area is 248 Å². The van der Waals surface area contributed by atoms with E-state index in [1.807, 2.05) is 0 Å². The highest BCUT2D eigenvalue weighted by atomic mass is 16.5. The zero-order chi connectivity index (χ0) is 31.1. The quantitative estimate of drug-likeness (QED) is 0.205. The standard InChI is InChI=1S/C32H20N2O10/c35-27-23-9-7-21(15-25(23)29(37)33(27)19-5-1-3-17(13-19)31(39)40)43-11-12-44-22-8-10-24-26(16-22)30(38)34(28(24)36)20-6-2-4-18(14-20)32(41)42/h1-10,13-16H,11-12H2,(H,39,40)(H,41,42)/p-2. The van der Waals surface area contributed by atoms with Crippen LogP contribution in [0.25, 0.3) is 0 Å². The first-order chi connectivity index (χ1) is 21.1. The van der Waals surface area contributed by atoms with Gasteiger partial charge in [0.25, 0.3) is 23.6 Å². The van der Waals surface area contributed by atoms with Gasteiger partial charge in [0.15, 0.2) is 0 Å². The molecule has 2 aliphatic heterocycles. The summed E-state index contributed by atoms with van der Waals surface area (Å²) in [5, 5.41) is 22.4. The van der Waals surface area contributed by atoms with Gasteiger partial charge in [-0.1, -0.05) is 24.3 Å². The molecule has 12 nitrogen and oxygen atoms in total. The van der Waals surface area contributed by atoms with Crippen LogP contribution in [0, 0.1) is 0 Å². The highest BCUT2D eigenvalue weighted by molar-refractivity contribution is 6.35. The number of imide groups is 2. The zero-order valence-corrected chi connectivity index (χ0v) is 22.5. The van der Waals surface area contributed by atoms with E-state index in [-0.39, 0.29) is 69.5 Å². The fourth-order valence-electron chi connectivity index (χ4n) is 4.95. The minimum Gasteiger partial charge on any atom is -0.545 e. The van der Waals surface area contributed by atoms with Crippen LogP contribution in [0.4, 0.5) is 11.4 Å². The Morgan fingerprint density at radius 3 is 1.30 bits per heavy atom. The van der Waals surface area contributed by atoms with Crippen LogP contribution in [0.15, 0.2) is 84.9 Å². The number of fused-ring (bicyclic) bond motifs is 2. The fraction of sp³-hybridized carbons (Fsp3) is 0.0625. The molecule has 218 valence electrons. The molecule has 4 aromatic carbocycles. The molecule has 4 aromatic rings. The second kappa shape index (κ2) is 10.8. The van der Waals surface area contributed by atoms with E-state index in [1.54, 1.807) is 0 Å². The van der Waals surface area contributed by atoms with Crippen molar-refractivity contribution in [2.45, 2.75) is 0 Å². The molecule has 2 heterocycles. The van der Waals surface area contributed by atoms with Crippen LogP contribution in [-0.2, 0) is 0 Å². The van der Waals surface area contributed by atoms with Gasteiger partial charge in [0, 0.05) is 0 Å². The third-order valence-electron chi connectivity index (χ3n) is 7.02. The predicted molar refractivity (Wildman–Crippen MR) is 148 cm³/mol. The van der Waals surface area contributed by atoms with Crippen molar-refractivity contribution in [2.75, 3.05) is 23.0 Å². The van der Waals surface area contributed by atoms with Gasteiger partial charge in [0.2, 0.25) is 0 Å². The smallest absolute Gasteiger partial charge is 0.266 e. The van der Waals surface area contributed by atoms with Crippen molar-refractivity contribution in [3.05, 3.63) is 118 Å². The molecule has 0 fully saturated rings. The van der Waals surface area contributed by atoms with Crippen LogP contribution < -0.4 is 29.5 Å². The van der Waals surface area contributed by atoms with E-state index in [2.05, 4.69) is 0 Å². The lowest BCUT2D eigenvalue weighted by molar-refractivity contribution is -0.256. The maximum atomic E-state index is 13.0. The maximum absolute atomic E-state index is 13.0. The second-order valence-corrected chi connectivity index (χ2v) is 9.68. The third-order valence-corrected chi connectivity index (χ3v) is 7.02. The number of carboxylic acids is 2. The number of aromatic carboxylic acids is 2. The molecule has 0 unspecified atom stereocenters. The van der Waals surface area contributed by atoms with Crippen molar-refractivity contribution in [3.63, 3.8) is 0 Å². The molecule has 0 N–H and O–H groups in total. The summed E-state index contributed by atoms with van der Waals surface area (Å²) in [6.07, 6.45) is 0. The molecule has 0 radical (unpaired) electrons. The van der Waals surface area contributed by atoms with Crippen LogP contribution in [0.2, 0.25) is 0 Å². The number of carboxylic acid groups (broad SMARTS) is 2. The largest absolute Gasteiger partial charge is 0.545 e. The first kappa shape index (κ1) is 27.8. The van der Waals surface area contributed by atoms with Gasteiger partial charge in [-0.25, -0.2) is 9.80 Å². The van der Waals surface area contributed by atoms with E-state index in [4.69, 9.17) is 9.47 Å². The van der Waals surface area contributed by atoms with Crippen molar-refractivity contribution < 1.29 is 48.5 Å². The fourth-order valence-corrected chi connectivity index (χ4v) is 4.95. The predicted octanol–water partition coefficient (Wildman–Crippen LogP) is 1.47. The summed E-state index contributed by atoms with van der Waals surface area (Å²) in [7, 11) is 0. The summed E-state index contributed by atoms with van der Waals surface area (Å²) in [5.41, 5.74) is 0.277. The Morgan fingerprint density at radius 2 is 0.909 bits per heavy atom. The highest BCUT2D eigenvalue weighted by Gasteiger charge is 2.38. The second-order valence-electron chi connectivity index (χ2n) is 9.68. The number of amides is 4. The van der Waals surface area contributed by atoms with Gasteiger partial charge in [0.1, 0.15) is 24.7 Å². The van der Waals surface area contributed by atoms with E-state index in [9.17, 15) is 39.0 Å². The molecule has 0 aliphatic carbocycles. The van der Waals surface area contributed by atoms with Gasteiger partial charge >= 0.3 is 0 Å². The van der Waals surface area contributed by atoms with Gasteiger partial charge in [-0.15, -0.1) is 0 Å². The summed E-state index contributed by atoms with van der Waals surface area (Å²) in [5.74, 6) is -4.81. The average Bonchev–Trinajstić information content (AvgIpc) is 3.42. The van der Waals surface area contributed by atoms with E-state index >= 15 is 0 Å². The molecule has 12 heteroatoms. The van der Waals surface area contributed by atoms with E-state index in [1.165, 1.54) is 84.9 Å². The average molecular weight is 591 g/mol. The molecule has 0 saturated heterocycles. The molecule has 2 aliphatic rings. The number of anilines is 2. The molecule has 0 spiro atoms. The summed E-state index contributed by atoms with van der Waals surface area (Å²) in [6.45, 7) is 0.0365. The van der Waals surface area contributed by atoms with E-state index in [0.29, 0.717) is 0 Å². The van der Waals surface area contributed by atoms with Crippen molar-refractivity contribution >= 4 is 46.9 Å². The topological polar surface area (TPSA) is 173 Å². The summed E-state index contributed by atoms with van der Waals surface area (Å²) >= 11 is 0. The summed E-state index contributed by atoms with van der Waals surface area (Å²) in [6, 6.07) is 19.3. The Bertz CT molecular complexity index is 1790. The summed E-state index contributed by atoms with van der Waals surface area (Å²) < 4.78 is 11.4. The van der Waals surface area contributed by atoms with Crippen molar-refractivity contribution in [1.82, 2.24) is 0 Å². The van der Waals surface area contributed by atoms with Crippen LogP contribution in [0.5, 0.6) is 11.5 Å². The molecular formula is C32H18N2O10-2. The van der Waals surface area contributed by atoms with Crippen LogP contribution in [0.1, 0.15) is 62.1 Å². The number of nitrogens with zero attached hydrogens (tertiary/aromatic N) is 2. The molecule has 6 rings (SSSR count). The molecule has 0 bridgehead atoms. The number of carbonyl (C=O) groups excluding carboxylic acids is 6. The minimum atomic E-state index is -1.44. The molecule has 44 heavy (non-hydrogen) atoms. The summed E-state index contributed by atoms with van der Waals surface area (Å²) in [4.78, 5) is 76.0. The lowest BCUT2D eigenvalue weighted by Gasteiger charge is -2.15. The number of rotatable bonds is 9.